The summed E-state index contributed by atoms with van der Waals surface area (Å²) in [6, 6.07) is 15.7. The molecular weight excluding hydrogens is 535 g/mol. The lowest BCUT2D eigenvalue weighted by Crippen LogP contribution is -2.24. The van der Waals surface area contributed by atoms with Crippen molar-refractivity contribution in [2.75, 3.05) is 38.9 Å². The Morgan fingerprint density at radius 1 is 0.806 bits per heavy atom. The summed E-state index contributed by atoms with van der Waals surface area (Å²) in [6.45, 7) is 5.75. The molecular formula is C23H30ClIO6. The molecule has 0 aromatic heterocycles. The highest BCUT2D eigenvalue weighted by Gasteiger charge is 2.23. The highest BCUT2D eigenvalue weighted by atomic mass is 127. The number of alkyl halides is 1. The number of halogens is 2. The SMILES string of the molecule is CC(C)(c1ccc(OC[C@@H](O)CCl)cc1)c1ccc(OC[C@@H](O)COCCOI)cc1. The molecule has 0 fully saturated rings. The topological polar surface area (TPSA) is 77.4 Å². The van der Waals surface area contributed by atoms with Gasteiger partial charge in [-0.2, -0.15) is 0 Å². The summed E-state index contributed by atoms with van der Waals surface area (Å²) in [4.78, 5) is 0. The Morgan fingerprint density at radius 3 is 1.74 bits per heavy atom. The quantitative estimate of drug-likeness (QED) is 0.204. The Labute approximate surface area is 203 Å². The zero-order valence-corrected chi connectivity index (χ0v) is 20.7. The molecule has 0 unspecified atom stereocenters. The molecule has 0 heterocycles. The van der Waals surface area contributed by atoms with E-state index >= 15 is 0 Å². The number of aliphatic hydroxyl groups is 2. The first-order valence-corrected chi connectivity index (χ1v) is 11.5. The van der Waals surface area contributed by atoms with Gasteiger partial charge in [0.25, 0.3) is 0 Å². The number of hydrogen-bond donors (Lipinski definition) is 2. The van der Waals surface area contributed by atoms with Gasteiger partial charge in [-0.25, -0.2) is 0 Å². The predicted octanol–water partition coefficient (Wildman–Crippen LogP) is 4.11. The molecule has 8 heteroatoms. The van der Waals surface area contributed by atoms with E-state index in [1.807, 2.05) is 48.5 Å². The van der Waals surface area contributed by atoms with Gasteiger partial charge in [-0.1, -0.05) is 38.1 Å². The largest absolute Gasteiger partial charge is 0.491 e. The van der Waals surface area contributed by atoms with Crippen molar-refractivity contribution in [1.82, 2.24) is 0 Å². The van der Waals surface area contributed by atoms with Crippen molar-refractivity contribution in [2.24, 2.45) is 0 Å². The van der Waals surface area contributed by atoms with Crippen LogP contribution in [0.4, 0.5) is 0 Å². The van der Waals surface area contributed by atoms with Crippen LogP contribution in [-0.2, 0) is 13.2 Å². The average molecular weight is 565 g/mol. The second-order valence-corrected chi connectivity index (χ2v) is 8.58. The molecule has 2 rings (SSSR count). The van der Waals surface area contributed by atoms with Crippen molar-refractivity contribution in [3.05, 3.63) is 59.7 Å². The predicted molar refractivity (Wildman–Crippen MR) is 130 cm³/mol. The zero-order chi connectivity index (χ0) is 22.7. The van der Waals surface area contributed by atoms with Gasteiger partial charge in [0.2, 0.25) is 0 Å². The van der Waals surface area contributed by atoms with E-state index in [0.29, 0.717) is 24.7 Å². The average Bonchev–Trinajstić information content (AvgIpc) is 2.79. The molecule has 0 saturated heterocycles. The minimum Gasteiger partial charge on any atom is -0.491 e. The Hall–Kier alpha value is -1.10. The second kappa shape index (κ2) is 13.4. The molecule has 2 atom stereocenters. The van der Waals surface area contributed by atoms with E-state index in [1.54, 1.807) is 23.0 Å². The van der Waals surface area contributed by atoms with Crippen molar-refractivity contribution >= 4 is 34.6 Å². The van der Waals surface area contributed by atoms with Crippen LogP contribution in [0, 0.1) is 0 Å². The molecule has 0 aliphatic carbocycles. The lowest BCUT2D eigenvalue weighted by atomic mass is 9.78. The van der Waals surface area contributed by atoms with Crippen LogP contribution in [0.25, 0.3) is 0 Å². The summed E-state index contributed by atoms with van der Waals surface area (Å²) in [7, 11) is 0. The second-order valence-electron chi connectivity index (χ2n) is 7.65. The van der Waals surface area contributed by atoms with Crippen molar-refractivity contribution in [2.45, 2.75) is 31.5 Å². The molecule has 172 valence electrons. The lowest BCUT2D eigenvalue weighted by Gasteiger charge is -2.26. The van der Waals surface area contributed by atoms with E-state index in [9.17, 15) is 10.2 Å². The normalized spacial score (nSPS) is 13.6. The highest BCUT2D eigenvalue weighted by molar-refractivity contribution is 14.1. The van der Waals surface area contributed by atoms with Gasteiger partial charge >= 0.3 is 0 Å². The first kappa shape index (κ1) is 26.2. The number of rotatable bonds is 14. The summed E-state index contributed by atoms with van der Waals surface area (Å²) in [5.74, 6) is 1.53. The number of hydrogen-bond acceptors (Lipinski definition) is 6. The monoisotopic (exact) mass is 564 g/mol. The molecule has 0 spiro atoms. The van der Waals surface area contributed by atoms with Crippen LogP contribution < -0.4 is 9.47 Å². The summed E-state index contributed by atoms with van der Waals surface area (Å²) < 4.78 is 21.4. The van der Waals surface area contributed by atoms with Crippen LogP contribution in [0.3, 0.4) is 0 Å². The summed E-state index contributed by atoms with van der Waals surface area (Å²) in [5, 5.41) is 19.4. The number of benzene rings is 2. The zero-order valence-electron chi connectivity index (χ0n) is 17.8. The fraction of sp³-hybridized carbons (Fsp3) is 0.478. The summed E-state index contributed by atoms with van der Waals surface area (Å²) in [5.41, 5.74) is 2.05. The fourth-order valence-corrected chi connectivity index (χ4v) is 3.16. The minimum atomic E-state index is -0.698. The van der Waals surface area contributed by atoms with Gasteiger partial charge in [0, 0.05) is 5.41 Å². The maximum Gasteiger partial charge on any atom is 0.119 e. The van der Waals surface area contributed by atoms with Crippen LogP contribution in [0.2, 0.25) is 0 Å². The summed E-state index contributed by atoms with van der Waals surface area (Å²) in [6.07, 6.45) is -1.38. The molecule has 6 nitrogen and oxygen atoms in total. The Kier molecular flexibility index (Phi) is 11.3. The number of aliphatic hydroxyl groups excluding tert-OH is 2. The van der Waals surface area contributed by atoms with Crippen LogP contribution >= 0.6 is 34.6 Å². The maximum absolute atomic E-state index is 9.92. The van der Waals surface area contributed by atoms with E-state index in [2.05, 4.69) is 13.8 Å². The maximum atomic E-state index is 9.92. The third-order valence-corrected chi connectivity index (χ3v) is 5.63. The standard InChI is InChI=1S/C23H30ClIO6/c1-23(2,17-3-7-21(8-4-17)29-15-19(26)13-24)18-5-9-22(10-6-18)30-16-20(27)14-28-11-12-31-25/h3-10,19-20,26-27H,11-16H2,1-2H3/t19-,20-/m0/s1. The highest BCUT2D eigenvalue weighted by Crippen LogP contribution is 2.33. The Morgan fingerprint density at radius 2 is 1.29 bits per heavy atom. The molecule has 0 saturated carbocycles. The Bertz CT molecular complexity index is 754. The molecule has 0 bridgehead atoms. The molecule has 0 radical (unpaired) electrons. The first-order valence-electron chi connectivity index (χ1n) is 10.1. The first-order chi connectivity index (χ1) is 14.9. The van der Waals surface area contributed by atoms with E-state index in [1.165, 1.54) is 0 Å². The van der Waals surface area contributed by atoms with Gasteiger partial charge in [0.15, 0.2) is 0 Å². The molecule has 0 aliphatic rings. The molecule has 0 aliphatic heterocycles. The van der Waals surface area contributed by atoms with Gasteiger partial charge in [0.05, 0.1) is 25.7 Å². The van der Waals surface area contributed by atoms with Gasteiger partial charge in [0.1, 0.15) is 59.9 Å². The smallest absolute Gasteiger partial charge is 0.119 e. The van der Waals surface area contributed by atoms with Gasteiger partial charge in [-0.05, 0) is 35.4 Å². The van der Waals surface area contributed by atoms with Crippen LogP contribution in [0.15, 0.2) is 48.5 Å². The van der Waals surface area contributed by atoms with E-state index in [-0.39, 0.29) is 31.1 Å². The Balaban J connectivity index is 1.90. The van der Waals surface area contributed by atoms with E-state index in [0.717, 1.165) is 11.1 Å². The molecule has 2 N–H and O–H groups in total. The third-order valence-electron chi connectivity index (χ3n) is 4.83. The van der Waals surface area contributed by atoms with E-state index in [4.69, 9.17) is 28.9 Å². The van der Waals surface area contributed by atoms with Crippen molar-refractivity contribution in [3.63, 3.8) is 0 Å². The van der Waals surface area contributed by atoms with Crippen molar-refractivity contribution in [1.29, 1.82) is 0 Å². The van der Waals surface area contributed by atoms with Crippen molar-refractivity contribution in [3.8, 4) is 11.5 Å². The summed E-state index contributed by atoms with van der Waals surface area (Å²) >= 11 is 7.39. The van der Waals surface area contributed by atoms with Gasteiger partial charge in [-0.3, -0.25) is 0 Å². The van der Waals surface area contributed by atoms with Gasteiger partial charge < -0.3 is 27.5 Å². The van der Waals surface area contributed by atoms with Crippen LogP contribution in [0.1, 0.15) is 25.0 Å². The molecule has 0 amide bonds. The lowest BCUT2D eigenvalue weighted by molar-refractivity contribution is 0.00681. The van der Waals surface area contributed by atoms with E-state index < -0.39 is 12.2 Å². The minimum absolute atomic E-state index is 0.145. The van der Waals surface area contributed by atoms with Crippen molar-refractivity contribution < 1.29 is 27.5 Å². The molecule has 2 aromatic carbocycles. The fourth-order valence-electron chi connectivity index (χ4n) is 2.89. The third kappa shape index (κ3) is 8.75. The van der Waals surface area contributed by atoms with Gasteiger partial charge in [-0.15, -0.1) is 11.6 Å². The molecule has 2 aromatic rings. The number of ether oxygens (including phenoxy) is 3. The van der Waals surface area contributed by atoms with Crippen LogP contribution in [-0.4, -0.2) is 61.3 Å². The molecule has 31 heavy (non-hydrogen) atoms. The van der Waals surface area contributed by atoms with Crippen LogP contribution in [0.5, 0.6) is 11.5 Å².